The van der Waals surface area contributed by atoms with E-state index in [0.29, 0.717) is 11.5 Å². The van der Waals surface area contributed by atoms with Crippen LogP contribution in [0.2, 0.25) is 0 Å². The summed E-state index contributed by atoms with van der Waals surface area (Å²) < 4.78 is 13.4. The number of hydrogen-bond acceptors (Lipinski definition) is 2. The van der Waals surface area contributed by atoms with Crippen LogP contribution in [0.15, 0.2) is 18.2 Å². The minimum absolute atomic E-state index is 0.0566. The molecule has 0 aliphatic carbocycles. The molecule has 1 aromatic rings. The number of rotatable bonds is 4. The molecule has 4 heteroatoms. The zero-order chi connectivity index (χ0) is 15.1. The average molecular weight is 276 g/mol. The van der Waals surface area contributed by atoms with Crippen molar-refractivity contribution in [2.75, 3.05) is 6.54 Å². The first-order chi connectivity index (χ1) is 9.49. The number of nitrogens with two attached hydrogens (primary N) is 1. The molecule has 0 fully saturated rings. The monoisotopic (exact) mass is 276 g/mol. The average Bonchev–Trinajstić information content (AvgIpc) is 2.42. The predicted molar refractivity (Wildman–Crippen MR) is 78.7 cm³/mol. The molecule has 0 bridgehead atoms. The molecule has 3 N–H and O–H groups in total. The van der Waals surface area contributed by atoms with Gasteiger partial charge in [-0.25, -0.2) is 4.39 Å². The first-order valence-electron chi connectivity index (χ1n) is 6.79. The number of nitrogens with one attached hydrogen (secondary N) is 1. The van der Waals surface area contributed by atoms with Gasteiger partial charge in [-0.1, -0.05) is 32.6 Å². The number of halogens is 1. The molecule has 0 spiro atoms. The molecule has 0 radical (unpaired) electrons. The first kappa shape index (κ1) is 16.2. The van der Waals surface area contributed by atoms with Crippen LogP contribution in [0.5, 0.6) is 0 Å². The summed E-state index contributed by atoms with van der Waals surface area (Å²) in [5.74, 6) is 5.05. The molecule has 0 aliphatic heterocycles. The lowest BCUT2D eigenvalue weighted by molar-refractivity contribution is 0.0924. The molecule has 0 saturated carbocycles. The highest BCUT2D eigenvalue weighted by Gasteiger charge is 2.17. The number of carbonyl (C=O) groups excluding carboxylic acids is 1. The number of carbonyl (C=O) groups is 1. The fourth-order valence-electron chi connectivity index (χ4n) is 1.95. The van der Waals surface area contributed by atoms with Crippen molar-refractivity contribution in [3.05, 3.63) is 35.1 Å². The van der Waals surface area contributed by atoms with Crippen LogP contribution in [0.3, 0.4) is 0 Å². The fourth-order valence-corrected chi connectivity index (χ4v) is 1.95. The molecular formula is C16H21FN2O. The highest BCUT2D eigenvalue weighted by atomic mass is 19.1. The van der Waals surface area contributed by atoms with Crippen LogP contribution in [0.4, 0.5) is 4.39 Å². The Morgan fingerprint density at radius 3 is 2.70 bits per heavy atom. The second-order valence-corrected chi connectivity index (χ2v) is 4.93. The predicted octanol–water partition coefficient (Wildman–Crippen LogP) is 2.30. The van der Waals surface area contributed by atoms with Gasteiger partial charge in [0.15, 0.2) is 0 Å². The van der Waals surface area contributed by atoms with E-state index in [1.807, 2.05) is 20.8 Å². The summed E-state index contributed by atoms with van der Waals surface area (Å²) in [6.45, 7) is 6.28. The third-order valence-electron chi connectivity index (χ3n) is 3.11. The Kier molecular flexibility index (Phi) is 6.20. The summed E-state index contributed by atoms with van der Waals surface area (Å²) in [6.07, 6.45) is 0.822. The van der Waals surface area contributed by atoms with Crippen LogP contribution in [0.1, 0.15) is 43.1 Å². The molecule has 1 amide bonds. The van der Waals surface area contributed by atoms with E-state index in [1.165, 1.54) is 18.2 Å². The van der Waals surface area contributed by atoms with Crippen molar-refractivity contribution < 1.29 is 9.18 Å². The molecule has 0 aromatic heterocycles. The Bertz CT molecular complexity index is 529. The van der Waals surface area contributed by atoms with Crippen molar-refractivity contribution in [3.63, 3.8) is 0 Å². The Morgan fingerprint density at radius 2 is 2.15 bits per heavy atom. The number of hydrogen-bond donors (Lipinski definition) is 2. The maximum Gasteiger partial charge on any atom is 0.252 e. The Balaban J connectivity index is 3.04. The molecule has 3 nitrogen and oxygen atoms in total. The molecule has 0 heterocycles. The van der Waals surface area contributed by atoms with E-state index < -0.39 is 5.82 Å². The molecule has 1 rings (SSSR count). The van der Waals surface area contributed by atoms with Gasteiger partial charge >= 0.3 is 0 Å². The zero-order valence-corrected chi connectivity index (χ0v) is 12.2. The van der Waals surface area contributed by atoms with E-state index in [2.05, 4.69) is 17.2 Å². The van der Waals surface area contributed by atoms with Crippen molar-refractivity contribution in [2.45, 2.75) is 33.2 Å². The van der Waals surface area contributed by atoms with Gasteiger partial charge in [0.1, 0.15) is 5.82 Å². The minimum atomic E-state index is -0.453. The van der Waals surface area contributed by atoms with Gasteiger partial charge < -0.3 is 11.1 Å². The molecule has 1 aromatic carbocycles. The SMILES string of the molecule is CCC(NC(=O)c1cc(F)ccc1C#CCN)C(C)C. The normalized spacial score (nSPS) is 11.7. The van der Waals surface area contributed by atoms with E-state index >= 15 is 0 Å². The van der Waals surface area contributed by atoms with Crippen LogP contribution >= 0.6 is 0 Å². The lowest BCUT2D eigenvalue weighted by atomic mass is 10.0. The standard InChI is InChI=1S/C16H21FN2O/c1-4-15(11(2)3)19-16(20)14-10-13(17)8-7-12(14)6-5-9-18/h7-8,10-11,15H,4,9,18H2,1-3H3,(H,19,20). The third-order valence-corrected chi connectivity index (χ3v) is 3.11. The summed E-state index contributed by atoms with van der Waals surface area (Å²) in [5.41, 5.74) is 6.07. The number of amides is 1. The second-order valence-electron chi connectivity index (χ2n) is 4.93. The van der Waals surface area contributed by atoms with Crippen molar-refractivity contribution in [1.29, 1.82) is 0 Å². The maximum absolute atomic E-state index is 13.4. The summed E-state index contributed by atoms with van der Waals surface area (Å²) in [6, 6.07) is 4.06. The van der Waals surface area contributed by atoms with E-state index in [1.54, 1.807) is 0 Å². The van der Waals surface area contributed by atoms with Crippen molar-refractivity contribution in [3.8, 4) is 11.8 Å². The Morgan fingerprint density at radius 1 is 1.45 bits per heavy atom. The van der Waals surface area contributed by atoms with Gasteiger partial charge in [0.2, 0.25) is 0 Å². The smallest absolute Gasteiger partial charge is 0.252 e. The van der Waals surface area contributed by atoms with Crippen LogP contribution in [-0.2, 0) is 0 Å². The fraction of sp³-hybridized carbons (Fsp3) is 0.438. The highest BCUT2D eigenvalue weighted by molar-refractivity contribution is 5.97. The molecule has 1 unspecified atom stereocenters. The van der Waals surface area contributed by atoms with Gasteiger partial charge in [0.05, 0.1) is 12.1 Å². The minimum Gasteiger partial charge on any atom is -0.349 e. The van der Waals surface area contributed by atoms with Gasteiger partial charge in [-0.3, -0.25) is 4.79 Å². The van der Waals surface area contributed by atoms with Gasteiger partial charge in [0, 0.05) is 11.6 Å². The third kappa shape index (κ3) is 4.36. The van der Waals surface area contributed by atoms with Crippen molar-refractivity contribution in [1.82, 2.24) is 5.32 Å². The van der Waals surface area contributed by atoms with Gasteiger partial charge in [0.25, 0.3) is 5.91 Å². The van der Waals surface area contributed by atoms with Gasteiger partial charge in [-0.2, -0.15) is 0 Å². The van der Waals surface area contributed by atoms with E-state index in [9.17, 15) is 9.18 Å². The van der Waals surface area contributed by atoms with E-state index in [4.69, 9.17) is 5.73 Å². The topological polar surface area (TPSA) is 55.1 Å². The van der Waals surface area contributed by atoms with Crippen LogP contribution < -0.4 is 11.1 Å². The quantitative estimate of drug-likeness (QED) is 0.829. The summed E-state index contributed by atoms with van der Waals surface area (Å²) in [7, 11) is 0. The van der Waals surface area contributed by atoms with Crippen LogP contribution in [0, 0.1) is 23.6 Å². The van der Waals surface area contributed by atoms with E-state index in [-0.39, 0.29) is 24.1 Å². The molecule has 0 saturated heterocycles. The Hall–Kier alpha value is -1.86. The lowest BCUT2D eigenvalue weighted by Gasteiger charge is -2.21. The second kappa shape index (κ2) is 7.66. The molecule has 108 valence electrons. The van der Waals surface area contributed by atoms with Crippen LogP contribution in [0.25, 0.3) is 0 Å². The van der Waals surface area contributed by atoms with E-state index in [0.717, 1.165) is 6.42 Å². The Labute approximate surface area is 119 Å². The molecule has 0 aliphatic rings. The van der Waals surface area contributed by atoms with Crippen molar-refractivity contribution in [2.24, 2.45) is 11.7 Å². The van der Waals surface area contributed by atoms with Gasteiger partial charge in [-0.05, 0) is 30.5 Å². The first-order valence-corrected chi connectivity index (χ1v) is 6.79. The molecule has 1 atom stereocenters. The lowest BCUT2D eigenvalue weighted by Crippen LogP contribution is -2.38. The summed E-state index contributed by atoms with van der Waals surface area (Å²) >= 11 is 0. The largest absolute Gasteiger partial charge is 0.349 e. The summed E-state index contributed by atoms with van der Waals surface area (Å²) in [5, 5.41) is 2.92. The molecule has 20 heavy (non-hydrogen) atoms. The number of benzene rings is 1. The highest BCUT2D eigenvalue weighted by Crippen LogP contribution is 2.13. The van der Waals surface area contributed by atoms with Gasteiger partial charge in [-0.15, -0.1) is 0 Å². The van der Waals surface area contributed by atoms with Crippen molar-refractivity contribution >= 4 is 5.91 Å². The maximum atomic E-state index is 13.4. The zero-order valence-electron chi connectivity index (χ0n) is 12.2. The van der Waals surface area contributed by atoms with Crippen LogP contribution in [-0.4, -0.2) is 18.5 Å². The summed E-state index contributed by atoms with van der Waals surface area (Å²) in [4.78, 5) is 12.3. The molecular weight excluding hydrogens is 255 g/mol.